The summed E-state index contributed by atoms with van der Waals surface area (Å²) in [5.41, 5.74) is 0. The molecule has 4 rings (SSSR count). The van der Waals surface area contributed by atoms with Crippen LogP contribution in [0.25, 0.3) is 0 Å². The molecule has 4 fully saturated rings. The van der Waals surface area contributed by atoms with Crippen LogP contribution in [0.4, 0.5) is 0 Å². The van der Waals surface area contributed by atoms with Crippen LogP contribution in [0.3, 0.4) is 0 Å². The molecule has 0 aromatic heterocycles. The zero-order valence-electron chi connectivity index (χ0n) is 9.26. The van der Waals surface area contributed by atoms with E-state index in [1.54, 1.807) is 38.5 Å². The molecule has 82 valence electrons. The van der Waals surface area contributed by atoms with Crippen LogP contribution < -0.4 is 24.0 Å². The summed E-state index contributed by atoms with van der Waals surface area (Å²) in [7, 11) is 0.680. The van der Waals surface area contributed by atoms with Crippen molar-refractivity contribution in [1.82, 2.24) is 0 Å². The summed E-state index contributed by atoms with van der Waals surface area (Å²) in [6, 6.07) is 0. The zero-order valence-corrected chi connectivity index (χ0v) is 12.2. The van der Waals surface area contributed by atoms with Crippen molar-refractivity contribution in [1.29, 1.82) is 0 Å². The molecule has 2 heteroatoms. The summed E-state index contributed by atoms with van der Waals surface area (Å²) in [5.74, 6) is 3.42. The highest BCUT2D eigenvalue weighted by molar-refractivity contribution is 7.96. The molecule has 0 nitrogen and oxygen atoms in total. The molecule has 0 aliphatic heterocycles. The third kappa shape index (κ3) is 1.64. The van der Waals surface area contributed by atoms with Gasteiger partial charge in [0.15, 0.2) is 0 Å². The molecular formula is C12H21IS. The molecule has 0 amide bonds. The lowest BCUT2D eigenvalue weighted by Gasteiger charge is -2.54. The predicted molar refractivity (Wildman–Crippen MR) is 60.1 cm³/mol. The van der Waals surface area contributed by atoms with Gasteiger partial charge in [-0.15, -0.1) is 0 Å². The summed E-state index contributed by atoms with van der Waals surface area (Å²) < 4.78 is 0.828. The molecule has 4 saturated carbocycles. The predicted octanol–water partition coefficient (Wildman–Crippen LogP) is -0.163. The van der Waals surface area contributed by atoms with E-state index in [0.717, 1.165) is 22.5 Å². The van der Waals surface area contributed by atoms with E-state index in [9.17, 15) is 0 Å². The fourth-order valence-electron chi connectivity index (χ4n) is 4.53. The monoisotopic (exact) mass is 324 g/mol. The number of halogens is 1. The second-order valence-electron chi connectivity index (χ2n) is 5.92. The Morgan fingerprint density at radius 3 is 1.50 bits per heavy atom. The lowest BCUT2D eigenvalue weighted by atomic mass is 9.56. The molecule has 0 aromatic rings. The van der Waals surface area contributed by atoms with Gasteiger partial charge in [0.1, 0.15) is 4.75 Å². The smallest absolute Gasteiger partial charge is 0.128 e. The maximum absolute atomic E-state index is 2.49. The molecule has 4 aliphatic carbocycles. The highest BCUT2D eigenvalue weighted by atomic mass is 127. The normalized spacial score (nSPS) is 49.5. The minimum Gasteiger partial charge on any atom is -1.00 e. The first-order valence-electron chi connectivity index (χ1n) is 5.76. The van der Waals surface area contributed by atoms with Crippen molar-refractivity contribution in [3.63, 3.8) is 0 Å². The van der Waals surface area contributed by atoms with Crippen molar-refractivity contribution >= 4 is 10.9 Å². The summed E-state index contributed by atoms with van der Waals surface area (Å²) in [4.78, 5) is 0. The summed E-state index contributed by atoms with van der Waals surface area (Å²) in [5, 5.41) is 0. The van der Waals surface area contributed by atoms with Crippen LogP contribution in [-0.2, 0) is 10.9 Å². The molecule has 0 spiro atoms. The fourth-order valence-corrected chi connectivity index (χ4v) is 6.24. The van der Waals surface area contributed by atoms with Crippen LogP contribution in [0.2, 0.25) is 0 Å². The summed E-state index contributed by atoms with van der Waals surface area (Å²) in [6.45, 7) is 0. The second-order valence-corrected chi connectivity index (χ2v) is 8.42. The van der Waals surface area contributed by atoms with E-state index in [2.05, 4.69) is 12.5 Å². The number of hydrogen-bond acceptors (Lipinski definition) is 0. The number of hydrogen-bond donors (Lipinski definition) is 0. The van der Waals surface area contributed by atoms with Gasteiger partial charge in [0.2, 0.25) is 0 Å². The highest BCUT2D eigenvalue weighted by Gasteiger charge is 2.57. The van der Waals surface area contributed by atoms with Gasteiger partial charge in [-0.2, -0.15) is 0 Å². The van der Waals surface area contributed by atoms with E-state index in [0.29, 0.717) is 10.9 Å². The van der Waals surface area contributed by atoms with Crippen LogP contribution in [0.5, 0.6) is 0 Å². The minimum absolute atomic E-state index is 0. The van der Waals surface area contributed by atoms with Crippen LogP contribution >= 0.6 is 0 Å². The van der Waals surface area contributed by atoms with Crippen molar-refractivity contribution in [2.75, 3.05) is 12.5 Å². The molecule has 4 aliphatic rings. The third-order valence-corrected chi connectivity index (χ3v) is 7.08. The van der Waals surface area contributed by atoms with Gasteiger partial charge in [0.05, 0.1) is 12.5 Å². The summed E-state index contributed by atoms with van der Waals surface area (Å²) in [6.07, 6.45) is 14.5. The molecule has 0 atom stereocenters. The van der Waals surface area contributed by atoms with Crippen LogP contribution in [-0.4, -0.2) is 17.3 Å². The maximum atomic E-state index is 2.49. The van der Waals surface area contributed by atoms with Gasteiger partial charge in [0.25, 0.3) is 0 Å². The average molecular weight is 324 g/mol. The SMILES string of the molecule is C[S+](C)C12CC3CC(CC(C3)C1)C2.[I-]. The summed E-state index contributed by atoms with van der Waals surface area (Å²) >= 11 is 0. The van der Waals surface area contributed by atoms with Gasteiger partial charge in [-0.1, -0.05) is 0 Å². The van der Waals surface area contributed by atoms with E-state index in [1.165, 1.54) is 0 Å². The quantitative estimate of drug-likeness (QED) is 0.464. The van der Waals surface area contributed by atoms with E-state index in [4.69, 9.17) is 0 Å². The van der Waals surface area contributed by atoms with Crippen molar-refractivity contribution in [3.8, 4) is 0 Å². The standard InChI is InChI=1S/C12H21S.HI/c1-13(2)12-6-9-3-10(7-12)5-11(4-9)8-12;/h9-11H,3-8H2,1-2H3;1H/q+1;/p-1. The molecule has 0 unspecified atom stereocenters. The lowest BCUT2D eigenvalue weighted by molar-refractivity contribution is -0.00000546. The third-order valence-electron chi connectivity index (χ3n) is 4.85. The molecule has 0 aromatic carbocycles. The van der Waals surface area contributed by atoms with Crippen molar-refractivity contribution in [2.45, 2.75) is 43.3 Å². The highest BCUT2D eigenvalue weighted by Crippen LogP contribution is 2.58. The molecule has 4 bridgehead atoms. The Labute approximate surface area is 108 Å². The fraction of sp³-hybridized carbons (Fsp3) is 1.00. The first-order valence-corrected chi connectivity index (χ1v) is 7.80. The minimum atomic E-state index is 0. The van der Waals surface area contributed by atoms with Gasteiger partial charge in [-0.25, -0.2) is 0 Å². The number of rotatable bonds is 1. The Bertz CT molecular complexity index is 189. The molecular weight excluding hydrogens is 303 g/mol. The van der Waals surface area contributed by atoms with Gasteiger partial charge >= 0.3 is 0 Å². The molecule has 0 N–H and O–H groups in total. The van der Waals surface area contributed by atoms with Crippen molar-refractivity contribution < 1.29 is 24.0 Å². The Morgan fingerprint density at radius 2 is 1.21 bits per heavy atom. The lowest BCUT2D eigenvalue weighted by Crippen LogP contribution is -3.00. The van der Waals surface area contributed by atoms with Crippen molar-refractivity contribution in [3.05, 3.63) is 0 Å². The molecule has 0 heterocycles. The van der Waals surface area contributed by atoms with E-state index in [1.807, 2.05) is 0 Å². The maximum Gasteiger partial charge on any atom is 0.128 e. The first-order chi connectivity index (χ1) is 6.18. The van der Waals surface area contributed by atoms with Crippen molar-refractivity contribution in [2.24, 2.45) is 17.8 Å². The zero-order chi connectivity index (χ0) is 9.05. The average Bonchev–Trinajstić information content (AvgIpc) is 2.00. The molecule has 0 radical (unpaired) electrons. The van der Waals surface area contributed by atoms with E-state index >= 15 is 0 Å². The Kier molecular flexibility index (Phi) is 3.16. The van der Waals surface area contributed by atoms with E-state index < -0.39 is 0 Å². The largest absolute Gasteiger partial charge is 1.00 e. The topological polar surface area (TPSA) is 0 Å². The Morgan fingerprint density at radius 1 is 0.857 bits per heavy atom. The second kappa shape index (κ2) is 3.83. The Hall–Kier alpha value is 1.08. The van der Waals surface area contributed by atoms with Gasteiger partial charge in [0, 0.05) is 19.3 Å². The van der Waals surface area contributed by atoms with Crippen LogP contribution in [0, 0.1) is 17.8 Å². The van der Waals surface area contributed by atoms with Gasteiger partial charge in [-0.3, -0.25) is 0 Å². The van der Waals surface area contributed by atoms with E-state index in [-0.39, 0.29) is 24.0 Å². The molecule has 0 saturated heterocycles. The van der Waals surface area contributed by atoms with Gasteiger partial charge in [-0.05, 0) is 47.9 Å². The van der Waals surface area contributed by atoms with Gasteiger partial charge < -0.3 is 24.0 Å². The van der Waals surface area contributed by atoms with Crippen LogP contribution in [0.1, 0.15) is 38.5 Å². The van der Waals surface area contributed by atoms with Crippen LogP contribution in [0.15, 0.2) is 0 Å². The first kappa shape index (κ1) is 11.6. The molecule has 14 heavy (non-hydrogen) atoms. The Balaban J connectivity index is 0.000000750.